The van der Waals surface area contributed by atoms with Gasteiger partial charge in [0.2, 0.25) is 5.91 Å². The Morgan fingerprint density at radius 1 is 1.35 bits per heavy atom. The van der Waals surface area contributed by atoms with E-state index in [4.69, 9.17) is 10.2 Å². The number of nitrogens with one attached hydrogen (secondary N) is 1. The zero-order valence-electron chi connectivity index (χ0n) is 8.80. The number of nitrogens with zero attached hydrogens (tertiary/aromatic N) is 3. The molecule has 1 aliphatic heterocycles. The summed E-state index contributed by atoms with van der Waals surface area (Å²) in [5.74, 6) is -0.0751. The fourth-order valence-electron chi connectivity index (χ4n) is 1.78. The molecule has 0 fully saturated rings. The van der Waals surface area contributed by atoms with Crippen LogP contribution in [0.5, 0.6) is 0 Å². The van der Waals surface area contributed by atoms with Gasteiger partial charge in [0.25, 0.3) is 0 Å². The molecule has 0 bridgehead atoms. The molecule has 1 N–H and O–H groups in total. The van der Waals surface area contributed by atoms with E-state index in [0.29, 0.717) is 23.9 Å². The number of aromatic nitrogens is 1. The number of carbonyl (C=O) groups excluding carboxylic acids is 1. The third-order valence-corrected chi connectivity index (χ3v) is 2.61. The summed E-state index contributed by atoms with van der Waals surface area (Å²) in [5.41, 5.74) is 14.3. The van der Waals surface area contributed by atoms with Crippen molar-refractivity contribution in [2.24, 2.45) is 5.10 Å². The Bertz CT molecular complexity index is 629. The van der Waals surface area contributed by atoms with E-state index in [-0.39, 0.29) is 11.9 Å². The van der Waals surface area contributed by atoms with Crippen LogP contribution in [0.25, 0.3) is 11.1 Å². The average Bonchev–Trinajstić information content (AvgIpc) is 2.69. The van der Waals surface area contributed by atoms with Crippen LogP contribution in [0.1, 0.15) is 18.4 Å². The molecule has 6 heteroatoms. The van der Waals surface area contributed by atoms with Gasteiger partial charge in [0.05, 0.1) is 5.71 Å². The Morgan fingerprint density at radius 3 is 3.00 bits per heavy atom. The predicted molar refractivity (Wildman–Crippen MR) is 59.7 cm³/mol. The minimum Gasteiger partial charge on any atom is -0.421 e. The first-order valence-electron chi connectivity index (χ1n) is 5.18. The number of fused-ring (bicyclic) bond motifs is 1. The van der Waals surface area contributed by atoms with Crippen molar-refractivity contribution in [3.8, 4) is 0 Å². The van der Waals surface area contributed by atoms with E-state index in [1.165, 1.54) is 0 Å². The van der Waals surface area contributed by atoms with Crippen molar-refractivity contribution < 1.29 is 9.21 Å². The largest absolute Gasteiger partial charge is 0.421 e. The maximum Gasteiger partial charge on any atom is 0.342 e. The van der Waals surface area contributed by atoms with Crippen molar-refractivity contribution in [3.05, 3.63) is 23.8 Å². The van der Waals surface area contributed by atoms with Gasteiger partial charge in [-0.3, -0.25) is 4.79 Å². The monoisotopic (exact) mass is 228 g/mol. The molecule has 84 valence electrons. The van der Waals surface area contributed by atoms with Gasteiger partial charge < -0.3 is 4.42 Å². The number of hydrazone groups is 1. The van der Waals surface area contributed by atoms with Crippen LogP contribution in [0.3, 0.4) is 0 Å². The molecule has 3 rings (SSSR count). The van der Waals surface area contributed by atoms with E-state index in [1.54, 1.807) is 12.1 Å². The molecule has 1 aromatic carbocycles. The van der Waals surface area contributed by atoms with E-state index in [0.717, 1.165) is 11.3 Å². The summed E-state index contributed by atoms with van der Waals surface area (Å²) in [4.78, 5) is 14.8. The summed E-state index contributed by atoms with van der Waals surface area (Å²) in [6, 6.07) is 4.96. The highest BCUT2D eigenvalue weighted by atomic mass is 16.4. The highest BCUT2D eigenvalue weighted by molar-refractivity contribution is 6.05. The number of benzene rings is 1. The standard InChI is InChI=1S/C11H8N4O2/c12-11-13-8-5-6(1-3-9(8)17-11)7-2-4-10(16)15-14-7/h1,3,5H,2,4H2,(H,15,16). The van der Waals surface area contributed by atoms with Gasteiger partial charge in [-0.1, -0.05) is 5.73 Å². The van der Waals surface area contributed by atoms with Crippen LogP contribution in [0.2, 0.25) is 0 Å². The van der Waals surface area contributed by atoms with Gasteiger partial charge in [-0.15, -0.1) is 0 Å². The lowest BCUT2D eigenvalue weighted by atomic mass is 10.0. The SMILES string of the molecule is [N]c1nc2cc(C3=NNC(=O)CC3)ccc2o1. The molecule has 1 amide bonds. The second-order valence-electron chi connectivity index (χ2n) is 3.77. The molecule has 2 aromatic rings. The topological polar surface area (TPSA) is 89.8 Å². The molecule has 0 unspecified atom stereocenters. The highest BCUT2D eigenvalue weighted by Crippen LogP contribution is 2.20. The van der Waals surface area contributed by atoms with Crippen LogP contribution in [0.4, 0.5) is 6.01 Å². The van der Waals surface area contributed by atoms with E-state index < -0.39 is 0 Å². The zero-order chi connectivity index (χ0) is 11.8. The van der Waals surface area contributed by atoms with Gasteiger partial charge in [0, 0.05) is 18.4 Å². The first kappa shape index (κ1) is 9.83. The maximum atomic E-state index is 11.0. The lowest BCUT2D eigenvalue weighted by Crippen LogP contribution is -2.25. The van der Waals surface area contributed by atoms with Gasteiger partial charge >= 0.3 is 6.01 Å². The quantitative estimate of drug-likeness (QED) is 0.793. The molecule has 0 atom stereocenters. The van der Waals surface area contributed by atoms with Gasteiger partial charge in [-0.05, 0) is 18.2 Å². The fourth-order valence-corrected chi connectivity index (χ4v) is 1.78. The summed E-state index contributed by atoms with van der Waals surface area (Å²) < 4.78 is 4.96. The van der Waals surface area contributed by atoms with Gasteiger partial charge in [-0.25, -0.2) is 5.43 Å². The van der Waals surface area contributed by atoms with Crippen LogP contribution >= 0.6 is 0 Å². The molecule has 0 spiro atoms. The molecule has 0 aliphatic carbocycles. The van der Waals surface area contributed by atoms with Crippen molar-refractivity contribution in [3.63, 3.8) is 0 Å². The molecule has 0 saturated heterocycles. The smallest absolute Gasteiger partial charge is 0.342 e. The molecule has 2 radical (unpaired) electrons. The summed E-state index contributed by atoms with van der Waals surface area (Å²) in [6.45, 7) is 0. The van der Waals surface area contributed by atoms with E-state index in [9.17, 15) is 4.79 Å². The van der Waals surface area contributed by atoms with Crippen LogP contribution in [0, 0.1) is 0 Å². The second kappa shape index (κ2) is 3.58. The maximum absolute atomic E-state index is 11.0. The molecular weight excluding hydrogens is 220 g/mol. The molecule has 6 nitrogen and oxygen atoms in total. The third-order valence-electron chi connectivity index (χ3n) is 2.61. The van der Waals surface area contributed by atoms with Crippen LogP contribution in [0.15, 0.2) is 27.7 Å². The molecule has 17 heavy (non-hydrogen) atoms. The average molecular weight is 228 g/mol. The first-order valence-corrected chi connectivity index (χ1v) is 5.18. The van der Waals surface area contributed by atoms with E-state index in [2.05, 4.69) is 15.5 Å². The van der Waals surface area contributed by atoms with Crippen LogP contribution in [-0.4, -0.2) is 16.6 Å². The fraction of sp³-hybridized carbons (Fsp3) is 0.182. The first-order chi connectivity index (χ1) is 8.22. The Hall–Kier alpha value is -2.37. The summed E-state index contributed by atoms with van der Waals surface area (Å²) >= 11 is 0. The van der Waals surface area contributed by atoms with E-state index in [1.807, 2.05) is 6.07 Å². The van der Waals surface area contributed by atoms with Gasteiger partial charge in [0.15, 0.2) is 5.58 Å². The molecular formula is C11H8N4O2. The number of hydrogen-bond donors (Lipinski definition) is 1. The Morgan fingerprint density at radius 2 is 2.24 bits per heavy atom. The van der Waals surface area contributed by atoms with Crippen molar-refractivity contribution in [1.29, 1.82) is 0 Å². The Labute approximate surface area is 96.5 Å². The Balaban J connectivity index is 2.03. The molecule has 1 aliphatic rings. The minimum absolute atomic E-state index is 0.0751. The molecule has 0 saturated carbocycles. The van der Waals surface area contributed by atoms with Crippen molar-refractivity contribution in [1.82, 2.24) is 16.1 Å². The normalized spacial score (nSPS) is 15.8. The third kappa shape index (κ3) is 1.73. The lowest BCUT2D eigenvalue weighted by Gasteiger charge is -2.11. The van der Waals surface area contributed by atoms with Gasteiger partial charge in [-0.2, -0.15) is 10.1 Å². The summed E-state index contributed by atoms with van der Waals surface area (Å²) in [5, 5.41) is 3.99. The number of oxazole rings is 1. The predicted octanol–water partition coefficient (Wildman–Crippen LogP) is 1.14. The van der Waals surface area contributed by atoms with Crippen molar-refractivity contribution in [2.45, 2.75) is 12.8 Å². The zero-order valence-corrected chi connectivity index (χ0v) is 8.80. The number of hydrogen-bond acceptors (Lipinski definition) is 4. The highest BCUT2D eigenvalue weighted by Gasteiger charge is 2.14. The molecule has 2 heterocycles. The minimum atomic E-state index is -0.351. The van der Waals surface area contributed by atoms with Crippen LogP contribution in [-0.2, 0) is 4.79 Å². The summed E-state index contributed by atoms with van der Waals surface area (Å²) in [7, 11) is 0. The van der Waals surface area contributed by atoms with Crippen molar-refractivity contribution >= 4 is 28.7 Å². The molecule has 1 aromatic heterocycles. The summed E-state index contributed by atoms with van der Waals surface area (Å²) in [6.07, 6.45) is 1.03. The Kier molecular flexibility index (Phi) is 2.07. The van der Waals surface area contributed by atoms with E-state index >= 15 is 0 Å². The second-order valence-corrected chi connectivity index (χ2v) is 3.77. The van der Waals surface area contributed by atoms with Gasteiger partial charge in [0.1, 0.15) is 5.52 Å². The number of rotatable bonds is 1. The lowest BCUT2D eigenvalue weighted by molar-refractivity contribution is -0.121. The van der Waals surface area contributed by atoms with Crippen molar-refractivity contribution in [2.75, 3.05) is 0 Å². The number of amides is 1. The van der Waals surface area contributed by atoms with Crippen LogP contribution < -0.4 is 11.2 Å². The number of carbonyl (C=O) groups is 1.